The fraction of sp³-hybridized carbons (Fsp3) is 0.727. The van der Waals surface area contributed by atoms with Gasteiger partial charge in [0.25, 0.3) is 0 Å². The molecule has 0 spiro atoms. The van der Waals surface area contributed by atoms with Crippen molar-refractivity contribution in [3.05, 3.63) is 17.0 Å². The lowest BCUT2D eigenvalue weighted by molar-refractivity contribution is 0.296. The van der Waals surface area contributed by atoms with Crippen LogP contribution in [0.3, 0.4) is 0 Å². The molecule has 0 bridgehead atoms. The molecule has 0 radical (unpaired) electrons. The zero-order valence-corrected chi connectivity index (χ0v) is 8.63. The number of rotatable bonds is 2. The third kappa shape index (κ3) is 1.38. The van der Waals surface area contributed by atoms with Crippen molar-refractivity contribution in [1.82, 2.24) is 5.16 Å². The van der Waals surface area contributed by atoms with Crippen LogP contribution < -0.4 is 0 Å². The zero-order chi connectivity index (χ0) is 9.42. The summed E-state index contributed by atoms with van der Waals surface area (Å²) in [5.74, 6) is 2.37. The Bertz CT molecular complexity index is 297. The van der Waals surface area contributed by atoms with Crippen molar-refractivity contribution in [2.45, 2.75) is 51.9 Å². The molecule has 1 heterocycles. The largest absolute Gasteiger partial charge is 0.361 e. The zero-order valence-electron chi connectivity index (χ0n) is 8.63. The molecule has 0 aliphatic heterocycles. The second kappa shape index (κ2) is 3.17. The first-order valence-corrected chi connectivity index (χ1v) is 5.16. The summed E-state index contributed by atoms with van der Waals surface area (Å²) in [5, 5.41) is 4.07. The van der Waals surface area contributed by atoms with Crippen LogP contribution in [0.1, 0.15) is 62.0 Å². The van der Waals surface area contributed by atoms with Crippen molar-refractivity contribution in [3.63, 3.8) is 0 Å². The summed E-state index contributed by atoms with van der Waals surface area (Å²) in [7, 11) is 0. The molecule has 0 atom stereocenters. The Kier molecular flexibility index (Phi) is 2.14. The lowest BCUT2D eigenvalue weighted by Gasteiger charge is -2.24. The van der Waals surface area contributed by atoms with Gasteiger partial charge in [-0.2, -0.15) is 0 Å². The fourth-order valence-corrected chi connectivity index (χ4v) is 2.06. The quantitative estimate of drug-likeness (QED) is 0.695. The van der Waals surface area contributed by atoms with Crippen LogP contribution in [-0.4, -0.2) is 5.16 Å². The topological polar surface area (TPSA) is 26.0 Å². The highest BCUT2D eigenvalue weighted by molar-refractivity contribution is 5.28. The van der Waals surface area contributed by atoms with Gasteiger partial charge >= 0.3 is 0 Å². The minimum atomic E-state index is 0.543. The van der Waals surface area contributed by atoms with E-state index in [9.17, 15) is 0 Å². The molecule has 1 aromatic rings. The molecule has 0 unspecified atom stereocenters. The van der Waals surface area contributed by atoms with Crippen molar-refractivity contribution in [2.24, 2.45) is 0 Å². The molecular weight excluding hydrogens is 162 g/mol. The highest BCUT2D eigenvalue weighted by atomic mass is 16.5. The van der Waals surface area contributed by atoms with Crippen LogP contribution in [0.15, 0.2) is 4.52 Å². The van der Waals surface area contributed by atoms with E-state index in [0.717, 1.165) is 5.69 Å². The summed E-state index contributed by atoms with van der Waals surface area (Å²) in [6, 6.07) is 0. The third-order valence-corrected chi connectivity index (χ3v) is 2.99. The Morgan fingerprint density at radius 1 is 1.38 bits per heavy atom. The van der Waals surface area contributed by atoms with E-state index in [1.54, 1.807) is 0 Å². The normalized spacial score (nSPS) is 17.8. The molecule has 0 amide bonds. The van der Waals surface area contributed by atoms with E-state index >= 15 is 0 Å². The molecule has 1 aliphatic carbocycles. The predicted octanol–water partition coefficient (Wildman–Crippen LogP) is 3.37. The lowest BCUT2D eigenvalue weighted by Crippen LogP contribution is -2.10. The van der Waals surface area contributed by atoms with Crippen LogP contribution in [0.25, 0.3) is 0 Å². The van der Waals surface area contributed by atoms with Gasteiger partial charge in [0.2, 0.25) is 0 Å². The second-order valence-corrected chi connectivity index (χ2v) is 4.33. The molecule has 1 aromatic heterocycles. The number of nitrogens with zero attached hydrogens (tertiary/aromatic N) is 1. The molecule has 0 aromatic carbocycles. The van der Waals surface area contributed by atoms with E-state index in [2.05, 4.69) is 19.0 Å². The summed E-state index contributed by atoms with van der Waals surface area (Å²) in [6.07, 6.45) is 3.92. The van der Waals surface area contributed by atoms with E-state index in [0.29, 0.717) is 11.8 Å². The van der Waals surface area contributed by atoms with Gasteiger partial charge in [-0.1, -0.05) is 25.4 Å². The number of hydrogen-bond acceptors (Lipinski definition) is 2. The van der Waals surface area contributed by atoms with Crippen LogP contribution in [0.4, 0.5) is 0 Å². The van der Waals surface area contributed by atoms with E-state index < -0.39 is 0 Å². The van der Waals surface area contributed by atoms with Gasteiger partial charge in [0, 0.05) is 11.5 Å². The van der Waals surface area contributed by atoms with Crippen LogP contribution >= 0.6 is 0 Å². The van der Waals surface area contributed by atoms with Crippen LogP contribution in [0, 0.1) is 6.92 Å². The Hall–Kier alpha value is -0.790. The summed E-state index contributed by atoms with van der Waals surface area (Å²) >= 11 is 0. The van der Waals surface area contributed by atoms with Gasteiger partial charge in [0.05, 0.1) is 5.69 Å². The first kappa shape index (κ1) is 8.79. The maximum Gasteiger partial charge on any atom is 0.143 e. The van der Waals surface area contributed by atoms with Gasteiger partial charge in [-0.25, -0.2) is 0 Å². The molecule has 1 fully saturated rings. The van der Waals surface area contributed by atoms with Crippen LogP contribution in [-0.2, 0) is 0 Å². The third-order valence-electron chi connectivity index (χ3n) is 2.99. The lowest BCUT2D eigenvalue weighted by atomic mass is 9.80. The Labute approximate surface area is 79.3 Å². The van der Waals surface area contributed by atoms with E-state index in [1.165, 1.54) is 30.6 Å². The smallest absolute Gasteiger partial charge is 0.143 e. The molecule has 2 rings (SSSR count). The summed E-state index contributed by atoms with van der Waals surface area (Å²) in [4.78, 5) is 0. The molecule has 0 N–H and O–H groups in total. The first-order chi connectivity index (χ1) is 6.20. The Morgan fingerprint density at radius 2 is 2.08 bits per heavy atom. The first-order valence-electron chi connectivity index (χ1n) is 5.16. The van der Waals surface area contributed by atoms with Crippen molar-refractivity contribution in [3.8, 4) is 0 Å². The van der Waals surface area contributed by atoms with E-state index in [1.807, 2.05) is 6.92 Å². The van der Waals surface area contributed by atoms with Gasteiger partial charge in [0.15, 0.2) is 0 Å². The minimum absolute atomic E-state index is 0.543. The van der Waals surface area contributed by atoms with Gasteiger partial charge in [0.1, 0.15) is 5.76 Å². The molecule has 0 saturated heterocycles. The minimum Gasteiger partial charge on any atom is -0.361 e. The van der Waals surface area contributed by atoms with E-state index in [-0.39, 0.29) is 0 Å². The number of aryl methyl sites for hydroxylation is 1. The van der Waals surface area contributed by atoms with Crippen LogP contribution in [0.5, 0.6) is 0 Å². The maximum atomic E-state index is 5.41. The molecule has 2 nitrogen and oxygen atoms in total. The van der Waals surface area contributed by atoms with Gasteiger partial charge < -0.3 is 4.52 Å². The monoisotopic (exact) mass is 179 g/mol. The van der Waals surface area contributed by atoms with E-state index in [4.69, 9.17) is 4.52 Å². The molecule has 72 valence electrons. The standard InChI is InChI=1S/C11H17NO/c1-7(2)10-8(3)12-13-11(10)9-5-4-6-9/h7,9H,4-6H2,1-3H3. The van der Waals surface area contributed by atoms with Crippen molar-refractivity contribution in [1.29, 1.82) is 0 Å². The number of hydrogen-bond donors (Lipinski definition) is 0. The van der Waals surface area contributed by atoms with Gasteiger partial charge in [-0.15, -0.1) is 0 Å². The molecular formula is C11H17NO. The molecule has 13 heavy (non-hydrogen) atoms. The molecule has 2 heteroatoms. The predicted molar refractivity (Wildman–Crippen MR) is 51.9 cm³/mol. The molecule has 1 aliphatic rings. The van der Waals surface area contributed by atoms with Crippen molar-refractivity contribution >= 4 is 0 Å². The van der Waals surface area contributed by atoms with Crippen molar-refractivity contribution in [2.75, 3.05) is 0 Å². The molecule has 1 saturated carbocycles. The van der Waals surface area contributed by atoms with Crippen LogP contribution in [0.2, 0.25) is 0 Å². The highest BCUT2D eigenvalue weighted by Gasteiger charge is 2.28. The summed E-state index contributed by atoms with van der Waals surface area (Å²) in [6.45, 7) is 6.46. The second-order valence-electron chi connectivity index (χ2n) is 4.33. The Morgan fingerprint density at radius 3 is 2.54 bits per heavy atom. The SMILES string of the molecule is Cc1noc(C2CCC2)c1C(C)C. The average molecular weight is 179 g/mol. The number of aromatic nitrogens is 1. The fourth-order valence-electron chi connectivity index (χ4n) is 2.06. The summed E-state index contributed by atoms with van der Waals surface area (Å²) in [5.41, 5.74) is 2.43. The van der Waals surface area contributed by atoms with Gasteiger partial charge in [-0.05, 0) is 25.7 Å². The summed E-state index contributed by atoms with van der Waals surface area (Å²) < 4.78 is 5.41. The highest BCUT2D eigenvalue weighted by Crippen LogP contribution is 2.40. The average Bonchev–Trinajstić information content (AvgIpc) is 2.28. The van der Waals surface area contributed by atoms with Gasteiger partial charge in [-0.3, -0.25) is 0 Å². The Balaban J connectivity index is 2.33. The van der Waals surface area contributed by atoms with Crippen molar-refractivity contribution < 1.29 is 4.52 Å². The maximum absolute atomic E-state index is 5.41.